The summed E-state index contributed by atoms with van der Waals surface area (Å²) < 4.78 is 36.3. The lowest BCUT2D eigenvalue weighted by Gasteiger charge is -2.39. The SMILES string of the molecule is C=CC1OC(COC)CC2(C)CC(C)(CC(COC)OC1C)OCC(CN)O2. The van der Waals surface area contributed by atoms with Crippen molar-refractivity contribution in [1.82, 2.24) is 0 Å². The highest BCUT2D eigenvalue weighted by Gasteiger charge is 2.45. The molecule has 2 saturated heterocycles. The number of rotatable bonds is 6. The van der Waals surface area contributed by atoms with Gasteiger partial charge in [0.05, 0.1) is 55.4 Å². The summed E-state index contributed by atoms with van der Waals surface area (Å²) in [6.45, 7) is 12.0. The summed E-state index contributed by atoms with van der Waals surface area (Å²) in [5.41, 5.74) is 5.05. The molecule has 164 valence electrons. The highest BCUT2D eigenvalue weighted by molar-refractivity contribution is 4.96. The second-order valence-electron chi connectivity index (χ2n) is 8.60. The van der Waals surface area contributed by atoms with Crippen LogP contribution in [0.1, 0.15) is 40.0 Å². The van der Waals surface area contributed by atoms with Crippen LogP contribution in [-0.4, -0.2) is 82.3 Å². The van der Waals surface area contributed by atoms with Crippen LogP contribution < -0.4 is 5.73 Å². The van der Waals surface area contributed by atoms with Crippen molar-refractivity contribution in [2.45, 2.75) is 81.8 Å². The summed E-state index contributed by atoms with van der Waals surface area (Å²) in [4.78, 5) is 0. The molecule has 0 radical (unpaired) electrons. The number of ether oxygens (including phenoxy) is 6. The average molecular weight is 402 g/mol. The van der Waals surface area contributed by atoms with Gasteiger partial charge in [-0.25, -0.2) is 0 Å². The zero-order valence-electron chi connectivity index (χ0n) is 18.1. The number of hydrogen-bond donors (Lipinski definition) is 1. The van der Waals surface area contributed by atoms with Crippen LogP contribution in [-0.2, 0) is 28.4 Å². The van der Waals surface area contributed by atoms with E-state index in [1.165, 1.54) is 0 Å². The van der Waals surface area contributed by atoms with Crippen LogP contribution in [0.2, 0.25) is 0 Å². The highest BCUT2D eigenvalue weighted by Crippen LogP contribution is 2.39. The minimum atomic E-state index is -0.463. The van der Waals surface area contributed by atoms with Gasteiger partial charge < -0.3 is 34.2 Å². The highest BCUT2D eigenvalue weighted by atomic mass is 16.6. The lowest BCUT2D eigenvalue weighted by Crippen LogP contribution is -2.44. The van der Waals surface area contributed by atoms with E-state index in [4.69, 9.17) is 34.2 Å². The molecular weight excluding hydrogens is 362 g/mol. The van der Waals surface area contributed by atoms with Crippen LogP contribution in [0, 0.1) is 0 Å². The first-order chi connectivity index (χ1) is 13.3. The first kappa shape index (κ1) is 23.7. The predicted molar refractivity (Wildman–Crippen MR) is 107 cm³/mol. The van der Waals surface area contributed by atoms with Crippen LogP contribution in [0.15, 0.2) is 12.7 Å². The first-order valence-corrected chi connectivity index (χ1v) is 10.2. The Morgan fingerprint density at radius 3 is 2.21 bits per heavy atom. The molecule has 28 heavy (non-hydrogen) atoms. The minimum Gasteiger partial charge on any atom is -0.382 e. The molecule has 2 heterocycles. The van der Waals surface area contributed by atoms with Gasteiger partial charge >= 0.3 is 0 Å². The topological polar surface area (TPSA) is 81.4 Å². The Labute approximate surface area is 169 Å². The van der Waals surface area contributed by atoms with Crippen molar-refractivity contribution in [1.29, 1.82) is 0 Å². The molecule has 7 nitrogen and oxygen atoms in total. The van der Waals surface area contributed by atoms with Gasteiger partial charge in [-0.05, 0) is 20.8 Å². The molecule has 0 saturated carbocycles. The average Bonchev–Trinajstić information content (AvgIpc) is 2.75. The van der Waals surface area contributed by atoms with Gasteiger partial charge in [0, 0.05) is 40.0 Å². The minimum absolute atomic E-state index is 0.131. The van der Waals surface area contributed by atoms with Crippen LogP contribution >= 0.6 is 0 Å². The predicted octanol–water partition coefficient (Wildman–Crippen LogP) is 2.07. The Hall–Kier alpha value is -0.540. The van der Waals surface area contributed by atoms with Crippen molar-refractivity contribution in [2.75, 3.05) is 40.6 Å². The van der Waals surface area contributed by atoms with E-state index in [9.17, 15) is 0 Å². The van der Waals surface area contributed by atoms with E-state index >= 15 is 0 Å². The van der Waals surface area contributed by atoms with E-state index in [1.54, 1.807) is 20.3 Å². The van der Waals surface area contributed by atoms with E-state index in [0.717, 1.165) is 0 Å². The normalized spacial score (nSPS) is 43.0. The summed E-state index contributed by atoms with van der Waals surface area (Å²) in [5.74, 6) is 0. The summed E-state index contributed by atoms with van der Waals surface area (Å²) in [6.07, 6.45) is 2.97. The van der Waals surface area contributed by atoms with Crippen LogP contribution in [0.5, 0.6) is 0 Å². The molecule has 2 aliphatic rings. The number of nitrogens with two attached hydrogens (primary N) is 1. The van der Waals surface area contributed by atoms with Gasteiger partial charge in [-0.1, -0.05) is 6.08 Å². The second kappa shape index (κ2) is 10.5. The lowest BCUT2D eigenvalue weighted by atomic mass is 9.82. The quantitative estimate of drug-likeness (QED) is 0.682. The van der Waals surface area contributed by atoms with Crippen molar-refractivity contribution in [2.24, 2.45) is 5.73 Å². The van der Waals surface area contributed by atoms with Gasteiger partial charge in [0.2, 0.25) is 0 Å². The molecule has 2 N–H and O–H groups in total. The standard InChI is InChI=1S/C21H39NO6/c1-7-19-15(2)26-16(11-23-5)8-20(3)14-21(4,9-17(27-19)12-24-6)28-18(10-22)13-25-20/h7,15-19H,1,8-14,22H2,2-6H3. The van der Waals surface area contributed by atoms with Gasteiger partial charge in [-0.3, -0.25) is 0 Å². The zero-order valence-corrected chi connectivity index (χ0v) is 18.1. The van der Waals surface area contributed by atoms with E-state index in [0.29, 0.717) is 45.6 Å². The van der Waals surface area contributed by atoms with Gasteiger partial charge in [-0.2, -0.15) is 0 Å². The third-order valence-corrected chi connectivity index (χ3v) is 5.56. The maximum absolute atomic E-state index is 6.44. The Morgan fingerprint density at radius 1 is 1.04 bits per heavy atom. The molecule has 0 spiro atoms. The number of fused-ring (bicyclic) bond motifs is 2. The van der Waals surface area contributed by atoms with E-state index in [-0.39, 0.29) is 30.5 Å². The third-order valence-electron chi connectivity index (χ3n) is 5.56. The molecule has 7 unspecified atom stereocenters. The fourth-order valence-corrected chi connectivity index (χ4v) is 4.57. The smallest absolute Gasteiger partial charge is 0.102 e. The molecular formula is C21H39NO6. The fraction of sp³-hybridized carbons (Fsp3) is 0.905. The van der Waals surface area contributed by atoms with Crippen LogP contribution in [0.3, 0.4) is 0 Å². The Morgan fingerprint density at radius 2 is 1.64 bits per heavy atom. The Kier molecular flexibility index (Phi) is 8.88. The van der Waals surface area contributed by atoms with Crippen LogP contribution in [0.4, 0.5) is 0 Å². The molecule has 0 aromatic carbocycles. The van der Waals surface area contributed by atoms with Gasteiger partial charge in [-0.15, -0.1) is 6.58 Å². The molecule has 0 aromatic rings. The van der Waals surface area contributed by atoms with Crippen molar-refractivity contribution < 1.29 is 28.4 Å². The van der Waals surface area contributed by atoms with E-state index in [1.807, 2.05) is 6.92 Å². The van der Waals surface area contributed by atoms with Gasteiger partial charge in [0.15, 0.2) is 0 Å². The summed E-state index contributed by atoms with van der Waals surface area (Å²) >= 11 is 0. The molecule has 0 aliphatic carbocycles. The van der Waals surface area contributed by atoms with Gasteiger partial charge in [0.1, 0.15) is 6.10 Å². The largest absolute Gasteiger partial charge is 0.382 e. The Balaban J connectivity index is 2.39. The molecule has 0 aromatic heterocycles. The van der Waals surface area contributed by atoms with Gasteiger partial charge in [0.25, 0.3) is 0 Å². The molecule has 7 heteroatoms. The molecule has 0 amide bonds. The molecule has 2 aliphatic heterocycles. The fourth-order valence-electron chi connectivity index (χ4n) is 4.57. The van der Waals surface area contributed by atoms with Crippen molar-refractivity contribution in [3.8, 4) is 0 Å². The van der Waals surface area contributed by atoms with Crippen molar-refractivity contribution in [3.05, 3.63) is 12.7 Å². The van der Waals surface area contributed by atoms with E-state index < -0.39 is 11.2 Å². The van der Waals surface area contributed by atoms with Crippen molar-refractivity contribution >= 4 is 0 Å². The first-order valence-electron chi connectivity index (χ1n) is 10.2. The molecule has 2 fully saturated rings. The van der Waals surface area contributed by atoms with Crippen molar-refractivity contribution in [3.63, 3.8) is 0 Å². The summed E-state index contributed by atoms with van der Waals surface area (Å²) in [7, 11) is 3.36. The molecule has 7 atom stereocenters. The molecule has 2 rings (SSSR count). The maximum atomic E-state index is 6.44. The van der Waals surface area contributed by atoms with E-state index in [2.05, 4.69) is 20.4 Å². The summed E-state index contributed by atoms with van der Waals surface area (Å²) in [6, 6.07) is 0. The maximum Gasteiger partial charge on any atom is 0.102 e. The zero-order chi connectivity index (χ0) is 20.8. The summed E-state index contributed by atoms with van der Waals surface area (Å²) in [5, 5.41) is 0. The number of hydrogen-bond acceptors (Lipinski definition) is 7. The lowest BCUT2D eigenvalue weighted by molar-refractivity contribution is -0.150. The molecule has 2 bridgehead atoms. The third kappa shape index (κ3) is 6.49. The second-order valence-corrected chi connectivity index (χ2v) is 8.60. The monoisotopic (exact) mass is 401 g/mol. The number of methoxy groups -OCH3 is 2. The Bertz CT molecular complexity index is 492. The van der Waals surface area contributed by atoms with Crippen LogP contribution in [0.25, 0.3) is 0 Å².